The lowest BCUT2D eigenvalue weighted by molar-refractivity contribution is -0.135. The summed E-state index contributed by atoms with van der Waals surface area (Å²) in [6, 6.07) is 5.17. The molecule has 0 radical (unpaired) electrons. The SMILES string of the molecule is CNC(CCCC(F)(F)F)c1cc(OC)cc(OC)c1. The monoisotopic (exact) mass is 291 g/mol. The average Bonchev–Trinajstić information content (AvgIpc) is 2.41. The first-order valence-electron chi connectivity index (χ1n) is 6.36. The first-order chi connectivity index (χ1) is 9.39. The van der Waals surface area contributed by atoms with Crippen LogP contribution in [-0.4, -0.2) is 27.4 Å². The van der Waals surface area contributed by atoms with Crippen LogP contribution in [0, 0.1) is 0 Å². The van der Waals surface area contributed by atoms with Crippen LogP contribution in [0.4, 0.5) is 13.2 Å². The van der Waals surface area contributed by atoms with Crippen molar-refractivity contribution in [3.05, 3.63) is 23.8 Å². The molecule has 0 amide bonds. The Morgan fingerprint density at radius 3 is 2.05 bits per heavy atom. The van der Waals surface area contributed by atoms with E-state index in [1.54, 1.807) is 25.2 Å². The molecular weight excluding hydrogens is 271 g/mol. The lowest BCUT2D eigenvalue weighted by Gasteiger charge is -2.19. The Labute approximate surface area is 117 Å². The second kappa shape index (κ2) is 7.38. The van der Waals surface area contributed by atoms with Gasteiger partial charge in [-0.05, 0) is 37.6 Å². The van der Waals surface area contributed by atoms with Crippen molar-refractivity contribution in [2.24, 2.45) is 0 Å². The van der Waals surface area contributed by atoms with Crippen LogP contribution in [0.25, 0.3) is 0 Å². The minimum absolute atomic E-state index is 0.0779. The summed E-state index contributed by atoms with van der Waals surface area (Å²) in [5, 5.41) is 3.03. The van der Waals surface area contributed by atoms with Crippen LogP contribution in [0.15, 0.2) is 18.2 Å². The van der Waals surface area contributed by atoms with E-state index in [4.69, 9.17) is 9.47 Å². The molecule has 1 aromatic carbocycles. The summed E-state index contributed by atoms with van der Waals surface area (Å²) in [4.78, 5) is 0. The summed E-state index contributed by atoms with van der Waals surface area (Å²) < 4.78 is 46.9. The van der Waals surface area contributed by atoms with E-state index >= 15 is 0 Å². The van der Waals surface area contributed by atoms with Gasteiger partial charge in [-0.3, -0.25) is 0 Å². The van der Waals surface area contributed by atoms with Crippen LogP contribution in [-0.2, 0) is 0 Å². The average molecular weight is 291 g/mol. The Balaban J connectivity index is 2.78. The molecule has 1 N–H and O–H groups in total. The van der Waals surface area contributed by atoms with Gasteiger partial charge in [0.1, 0.15) is 11.5 Å². The fraction of sp³-hybridized carbons (Fsp3) is 0.571. The third-order valence-electron chi connectivity index (χ3n) is 3.08. The van der Waals surface area contributed by atoms with Gasteiger partial charge in [-0.25, -0.2) is 0 Å². The minimum atomic E-state index is -4.11. The van der Waals surface area contributed by atoms with E-state index < -0.39 is 12.6 Å². The van der Waals surface area contributed by atoms with Gasteiger partial charge in [-0.15, -0.1) is 0 Å². The van der Waals surface area contributed by atoms with Crippen LogP contribution >= 0.6 is 0 Å². The second-order valence-corrected chi connectivity index (χ2v) is 4.49. The van der Waals surface area contributed by atoms with Crippen molar-refractivity contribution in [1.29, 1.82) is 0 Å². The summed E-state index contributed by atoms with van der Waals surface area (Å²) in [6.45, 7) is 0. The van der Waals surface area contributed by atoms with Crippen LogP contribution < -0.4 is 14.8 Å². The van der Waals surface area contributed by atoms with Crippen molar-refractivity contribution < 1.29 is 22.6 Å². The van der Waals surface area contributed by atoms with E-state index in [2.05, 4.69) is 5.32 Å². The number of ether oxygens (including phenoxy) is 2. The molecule has 0 aliphatic rings. The number of methoxy groups -OCH3 is 2. The molecule has 0 spiro atoms. The fourth-order valence-electron chi connectivity index (χ4n) is 2.01. The highest BCUT2D eigenvalue weighted by molar-refractivity contribution is 5.39. The van der Waals surface area contributed by atoms with E-state index in [1.165, 1.54) is 14.2 Å². The Hall–Kier alpha value is -1.43. The molecule has 3 nitrogen and oxygen atoms in total. The third-order valence-corrected chi connectivity index (χ3v) is 3.08. The fourth-order valence-corrected chi connectivity index (χ4v) is 2.01. The van der Waals surface area contributed by atoms with Crippen LogP contribution in [0.1, 0.15) is 30.9 Å². The van der Waals surface area contributed by atoms with E-state index in [1.807, 2.05) is 0 Å². The number of benzene rings is 1. The van der Waals surface area contributed by atoms with E-state index in [-0.39, 0.29) is 12.5 Å². The molecule has 0 aliphatic carbocycles. The molecule has 0 saturated carbocycles. The van der Waals surface area contributed by atoms with E-state index in [0.717, 1.165) is 5.56 Å². The normalized spacial score (nSPS) is 13.1. The Morgan fingerprint density at radius 1 is 1.10 bits per heavy atom. The molecule has 20 heavy (non-hydrogen) atoms. The van der Waals surface area contributed by atoms with Gasteiger partial charge in [-0.2, -0.15) is 13.2 Å². The maximum absolute atomic E-state index is 12.2. The van der Waals surface area contributed by atoms with Gasteiger partial charge >= 0.3 is 6.18 Å². The smallest absolute Gasteiger partial charge is 0.389 e. The Morgan fingerprint density at radius 2 is 1.65 bits per heavy atom. The molecule has 0 aromatic heterocycles. The molecule has 1 aromatic rings. The zero-order chi connectivity index (χ0) is 15.2. The van der Waals surface area contributed by atoms with Gasteiger partial charge in [0, 0.05) is 18.5 Å². The molecule has 0 bridgehead atoms. The number of halogens is 3. The molecular formula is C14H20F3NO2. The van der Waals surface area contributed by atoms with Gasteiger partial charge in [0.05, 0.1) is 14.2 Å². The van der Waals surface area contributed by atoms with Crippen LogP contribution in [0.3, 0.4) is 0 Å². The predicted octanol–water partition coefficient (Wildman–Crippen LogP) is 3.70. The molecule has 6 heteroatoms. The Kier molecular flexibility index (Phi) is 6.13. The number of hydrogen-bond acceptors (Lipinski definition) is 3. The summed E-state index contributed by atoms with van der Waals surface area (Å²) in [6.07, 6.45) is -4.41. The van der Waals surface area contributed by atoms with E-state index in [0.29, 0.717) is 17.9 Å². The number of rotatable bonds is 7. The Bertz CT molecular complexity index is 399. The summed E-state index contributed by atoms with van der Waals surface area (Å²) in [5.41, 5.74) is 0.853. The highest BCUT2D eigenvalue weighted by Crippen LogP contribution is 2.30. The van der Waals surface area contributed by atoms with Crippen LogP contribution in [0.2, 0.25) is 0 Å². The summed E-state index contributed by atoms with van der Waals surface area (Å²) >= 11 is 0. The zero-order valence-corrected chi connectivity index (χ0v) is 11.9. The van der Waals surface area contributed by atoms with Crippen LogP contribution in [0.5, 0.6) is 11.5 Å². The first kappa shape index (κ1) is 16.6. The molecule has 0 fully saturated rings. The number of nitrogens with one attached hydrogen (secondary N) is 1. The molecule has 1 rings (SSSR count). The third kappa shape index (κ3) is 5.28. The predicted molar refractivity (Wildman–Crippen MR) is 71.3 cm³/mol. The minimum Gasteiger partial charge on any atom is -0.497 e. The molecule has 0 aliphatic heterocycles. The second-order valence-electron chi connectivity index (χ2n) is 4.49. The van der Waals surface area contributed by atoms with E-state index in [9.17, 15) is 13.2 Å². The maximum atomic E-state index is 12.2. The molecule has 114 valence electrons. The zero-order valence-electron chi connectivity index (χ0n) is 11.9. The number of hydrogen-bond donors (Lipinski definition) is 1. The van der Waals surface area contributed by atoms with Gasteiger partial charge < -0.3 is 14.8 Å². The van der Waals surface area contributed by atoms with Gasteiger partial charge in [0.25, 0.3) is 0 Å². The topological polar surface area (TPSA) is 30.5 Å². The highest BCUT2D eigenvalue weighted by atomic mass is 19.4. The van der Waals surface area contributed by atoms with Crippen molar-refractivity contribution >= 4 is 0 Å². The molecule has 1 unspecified atom stereocenters. The summed E-state index contributed by atoms with van der Waals surface area (Å²) in [7, 11) is 4.80. The quantitative estimate of drug-likeness (QED) is 0.831. The van der Waals surface area contributed by atoms with Gasteiger partial charge in [0.2, 0.25) is 0 Å². The largest absolute Gasteiger partial charge is 0.497 e. The van der Waals surface area contributed by atoms with Crippen molar-refractivity contribution in [3.8, 4) is 11.5 Å². The molecule has 1 atom stereocenters. The van der Waals surface area contributed by atoms with Crippen molar-refractivity contribution in [2.75, 3.05) is 21.3 Å². The van der Waals surface area contributed by atoms with Gasteiger partial charge in [0.15, 0.2) is 0 Å². The number of alkyl halides is 3. The van der Waals surface area contributed by atoms with Crippen molar-refractivity contribution in [1.82, 2.24) is 5.32 Å². The lowest BCUT2D eigenvalue weighted by atomic mass is 10.0. The first-order valence-corrected chi connectivity index (χ1v) is 6.36. The van der Waals surface area contributed by atoms with Crippen molar-refractivity contribution in [3.63, 3.8) is 0 Å². The molecule has 0 heterocycles. The maximum Gasteiger partial charge on any atom is 0.389 e. The standard InChI is InChI=1S/C14H20F3NO2/c1-18-13(5-4-6-14(15,16)17)10-7-11(19-2)9-12(8-10)20-3/h7-9,13,18H,4-6H2,1-3H3. The van der Waals surface area contributed by atoms with Gasteiger partial charge in [-0.1, -0.05) is 0 Å². The van der Waals surface area contributed by atoms with Crippen molar-refractivity contribution in [2.45, 2.75) is 31.5 Å². The lowest BCUT2D eigenvalue weighted by Crippen LogP contribution is -2.17. The highest BCUT2D eigenvalue weighted by Gasteiger charge is 2.26. The molecule has 0 saturated heterocycles. The summed E-state index contributed by atoms with van der Waals surface area (Å²) in [5.74, 6) is 1.24.